The molecule has 1 rings (SSSR count). The second-order valence-corrected chi connectivity index (χ2v) is 2.76. The van der Waals surface area contributed by atoms with Crippen LogP contribution in [-0.4, -0.2) is 11.7 Å². The highest BCUT2D eigenvalue weighted by Crippen LogP contribution is 2.14. The van der Waals surface area contributed by atoms with E-state index in [1.54, 1.807) is 0 Å². The predicted molar refractivity (Wildman–Crippen MR) is 32.9 cm³/mol. The fraction of sp³-hybridized carbons (Fsp3) is 1.00. The Hall–Kier alpha value is -0.120. The highest BCUT2D eigenvalue weighted by molar-refractivity contribution is 4.91. The first-order valence-electron chi connectivity index (χ1n) is 2.92. The first kappa shape index (κ1) is 6.01. The van der Waals surface area contributed by atoms with Gasteiger partial charge in [-0.2, -0.15) is 0 Å². The van der Waals surface area contributed by atoms with Crippen molar-refractivity contribution in [2.75, 3.05) is 0 Å². The molecule has 0 amide bonds. The molecular weight excluding hydrogens is 102 g/mol. The zero-order valence-electron chi connectivity index (χ0n) is 5.36. The summed E-state index contributed by atoms with van der Waals surface area (Å²) in [6.07, 6.45) is 0.993. The lowest BCUT2D eigenvalue weighted by atomic mass is 10.1. The summed E-state index contributed by atoms with van der Waals surface area (Å²) in [5.74, 6) is 0. The molecule has 0 saturated carbocycles. The van der Waals surface area contributed by atoms with E-state index in [0.717, 1.165) is 6.42 Å². The molecule has 48 valence electrons. The molecule has 1 aliphatic rings. The maximum atomic E-state index is 5.54. The molecule has 1 heterocycles. The molecular formula is C5H13N3. The molecule has 1 fully saturated rings. The predicted octanol–water partition coefficient (Wildman–Crippen LogP) is -0.452. The molecule has 1 aliphatic heterocycles. The van der Waals surface area contributed by atoms with Gasteiger partial charge in [0.25, 0.3) is 0 Å². The van der Waals surface area contributed by atoms with Gasteiger partial charge in [-0.25, -0.2) is 10.9 Å². The summed E-state index contributed by atoms with van der Waals surface area (Å²) in [5, 5.41) is 0. The fourth-order valence-electron chi connectivity index (χ4n) is 0.853. The van der Waals surface area contributed by atoms with E-state index in [1.807, 2.05) is 6.92 Å². The van der Waals surface area contributed by atoms with Gasteiger partial charge in [0.2, 0.25) is 0 Å². The third-order valence-corrected chi connectivity index (χ3v) is 1.28. The molecule has 1 atom stereocenters. The lowest BCUT2D eigenvalue weighted by Gasteiger charge is -2.06. The van der Waals surface area contributed by atoms with Gasteiger partial charge in [0.05, 0.1) is 5.66 Å². The van der Waals surface area contributed by atoms with E-state index in [-0.39, 0.29) is 11.7 Å². The maximum absolute atomic E-state index is 5.54. The quantitative estimate of drug-likeness (QED) is 0.427. The second-order valence-electron chi connectivity index (χ2n) is 2.76. The van der Waals surface area contributed by atoms with Crippen LogP contribution in [0.15, 0.2) is 0 Å². The fourth-order valence-corrected chi connectivity index (χ4v) is 0.853. The van der Waals surface area contributed by atoms with Crippen LogP contribution in [0.3, 0.4) is 0 Å². The Morgan fingerprint density at radius 1 is 1.62 bits per heavy atom. The number of rotatable bonds is 2. The van der Waals surface area contributed by atoms with Gasteiger partial charge < -0.3 is 5.73 Å². The highest BCUT2D eigenvalue weighted by Gasteiger charge is 2.36. The number of nitrogens with two attached hydrogens (primary N) is 1. The third kappa shape index (κ3) is 1.43. The van der Waals surface area contributed by atoms with Gasteiger partial charge in [0, 0.05) is 6.04 Å². The highest BCUT2D eigenvalue weighted by atomic mass is 15.7. The minimum absolute atomic E-state index is 0.147. The van der Waals surface area contributed by atoms with Crippen molar-refractivity contribution < 1.29 is 0 Å². The third-order valence-electron chi connectivity index (χ3n) is 1.28. The Morgan fingerprint density at radius 3 is 2.25 bits per heavy atom. The van der Waals surface area contributed by atoms with Crippen molar-refractivity contribution in [3.63, 3.8) is 0 Å². The van der Waals surface area contributed by atoms with Crippen LogP contribution in [0, 0.1) is 0 Å². The molecule has 0 aromatic rings. The molecule has 0 aromatic carbocycles. The number of hydrazine groups is 1. The Balaban J connectivity index is 2.19. The van der Waals surface area contributed by atoms with E-state index in [1.165, 1.54) is 0 Å². The van der Waals surface area contributed by atoms with Gasteiger partial charge in [0.1, 0.15) is 0 Å². The summed E-state index contributed by atoms with van der Waals surface area (Å²) < 4.78 is 0. The lowest BCUT2D eigenvalue weighted by molar-refractivity contribution is 0.534. The zero-order valence-corrected chi connectivity index (χ0v) is 5.36. The van der Waals surface area contributed by atoms with Crippen LogP contribution in [0.25, 0.3) is 0 Å². The van der Waals surface area contributed by atoms with Gasteiger partial charge in [-0.15, -0.1) is 0 Å². The van der Waals surface area contributed by atoms with Crippen LogP contribution < -0.4 is 16.6 Å². The Bertz CT molecular complexity index is 85.7. The summed E-state index contributed by atoms with van der Waals surface area (Å²) in [6.45, 7) is 4.10. The molecule has 0 bridgehead atoms. The average Bonchev–Trinajstić information content (AvgIpc) is 2.17. The van der Waals surface area contributed by atoms with Crippen molar-refractivity contribution in [2.24, 2.45) is 5.73 Å². The standard InChI is InChI=1S/C5H13N3/c1-4(6)3-5(2)7-8-5/h4,7-8H,3,6H2,1-2H3. The van der Waals surface area contributed by atoms with Crippen molar-refractivity contribution in [1.82, 2.24) is 10.9 Å². The van der Waals surface area contributed by atoms with Crippen molar-refractivity contribution in [1.29, 1.82) is 0 Å². The molecule has 3 nitrogen and oxygen atoms in total. The molecule has 1 saturated heterocycles. The van der Waals surface area contributed by atoms with E-state index >= 15 is 0 Å². The van der Waals surface area contributed by atoms with Gasteiger partial charge in [-0.05, 0) is 20.3 Å². The van der Waals surface area contributed by atoms with Crippen molar-refractivity contribution in [2.45, 2.75) is 32.0 Å². The van der Waals surface area contributed by atoms with Crippen LogP contribution in [0.1, 0.15) is 20.3 Å². The Labute approximate surface area is 49.6 Å². The number of nitrogens with one attached hydrogen (secondary N) is 2. The lowest BCUT2D eigenvalue weighted by Crippen LogP contribution is -2.25. The molecule has 0 radical (unpaired) electrons. The van der Waals surface area contributed by atoms with E-state index < -0.39 is 0 Å². The van der Waals surface area contributed by atoms with Crippen LogP contribution in [-0.2, 0) is 0 Å². The van der Waals surface area contributed by atoms with Gasteiger partial charge >= 0.3 is 0 Å². The van der Waals surface area contributed by atoms with Crippen LogP contribution in [0.5, 0.6) is 0 Å². The Kier molecular flexibility index (Phi) is 1.27. The molecule has 0 spiro atoms. The smallest absolute Gasteiger partial charge is 0.0930 e. The maximum Gasteiger partial charge on any atom is 0.0930 e. The monoisotopic (exact) mass is 115 g/mol. The molecule has 0 aliphatic carbocycles. The first-order valence-corrected chi connectivity index (χ1v) is 2.92. The molecule has 3 heteroatoms. The topological polar surface area (TPSA) is 69.9 Å². The summed E-state index contributed by atoms with van der Waals surface area (Å²) >= 11 is 0. The normalized spacial score (nSPS) is 27.4. The number of hydrogen-bond donors (Lipinski definition) is 3. The van der Waals surface area contributed by atoms with E-state index in [0.29, 0.717) is 0 Å². The van der Waals surface area contributed by atoms with Crippen molar-refractivity contribution >= 4 is 0 Å². The number of hydrogen-bond acceptors (Lipinski definition) is 3. The molecule has 4 N–H and O–H groups in total. The van der Waals surface area contributed by atoms with Crippen molar-refractivity contribution in [3.05, 3.63) is 0 Å². The summed E-state index contributed by atoms with van der Waals surface area (Å²) in [7, 11) is 0. The summed E-state index contributed by atoms with van der Waals surface area (Å²) in [5.41, 5.74) is 11.7. The van der Waals surface area contributed by atoms with Gasteiger partial charge in [-0.3, -0.25) is 0 Å². The van der Waals surface area contributed by atoms with Crippen LogP contribution >= 0.6 is 0 Å². The minimum atomic E-state index is 0.147. The van der Waals surface area contributed by atoms with Gasteiger partial charge in [-0.1, -0.05) is 0 Å². The van der Waals surface area contributed by atoms with E-state index in [4.69, 9.17) is 5.73 Å². The molecule has 0 aromatic heterocycles. The Morgan fingerprint density at radius 2 is 2.12 bits per heavy atom. The molecule has 1 unspecified atom stereocenters. The summed E-state index contributed by atoms with van der Waals surface area (Å²) in [4.78, 5) is 0. The average molecular weight is 115 g/mol. The van der Waals surface area contributed by atoms with Gasteiger partial charge in [0.15, 0.2) is 0 Å². The minimum Gasteiger partial charge on any atom is -0.328 e. The van der Waals surface area contributed by atoms with Crippen LogP contribution in [0.4, 0.5) is 0 Å². The second kappa shape index (κ2) is 1.69. The van der Waals surface area contributed by atoms with Crippen molar-refractivity contribution in [3.8, 4) is 0 Å². The van der Waals surface area contributed by atoms with Crippen LogP contribution in [0.2, 0.25) is 0 Å². The first-order chi connectivity index (χ1) is 3.62. The SMILES string of the molecule is CC(N)CC1(C)NN1. The largest absolute Gasteiger partial charge is 0.328 e. The zero-order chi connectivity index (χ0) is 6.20. The van der Waals surface area contributed by atoms with E-state index in [2.05, 4.69) is 17.8 Å². The van der Waals surface area contributed by atoms with E-state index in [9.17, 15) is 0 Å². The summed E-state index contributed by atoms with van der Waals surface area (Å²) in [6, 6.07) is 0.280. The molecule has 8 heavy (non-hydrogen) atoms.